The largest absolute Gasteiger partial charge is 0.481 e. The molecule has 3 fully saturated rings. The van der Waals surface area contributed by atoms with Crippen LogP contribution in [0.4, 0.5) is 0 Å². The molecule has 3 aliphatic rings. The van der Waals surface area contributed by atoms with E-state index in [0.717, 1.165) is 62.3 Å². The maximum atomic E-state index is 14.3. The van der Waals surface area contributed by atoms with Crippen molar-refractivity contribution in [3.63, 3.8) is 0 Å². The first-order chi connectivity index (χ1) is 53.0. The number of ether oxygens (including phenoxy) is 15. The smallest absolute Gasteiger partial charge is 0.303 e. The first-order valence-electron chi connectivity index (χ1n) is 37.3. The minimum absolute atomic E-state index is 0.00698. The summed E-state index contributed by atoms with van der Waals surface area (Å²) in [5.41, 5.74) is 0. The van der Waals surface area contributed by atoms with E-state index < -0.39 is 189 Å². The molecule has 0 saturated carbocycles. The van der Waals surface area contributed by atoms with Crippen LogP contribution in [0.15, 0.2) is 0 Å². The summed E-state index contributed by atoms with van der Waals surface area (Å²) >= 11 is 0. The van der Waals surface area contributed by atoms with Crippen molar-refractivity contribution in [2.45, 2.75) is 278 Å². The molecule has 3 rings (SSSR count). The third-order valence-electron chi connectivity index (χ3n) is 16.9. The number of hydrogen-bond acceptors (Lipinski definition) is 32. The van der Waals surface area contributed by atoms with Crippen LogP contribution in [0, 0.1) is 0 Å². The van der Waals surface area contributed by atoms with Gasteiger partial charge in [0.25, 0.3) is 0 Å². The van der Waals surface area contributed by atoms with Crippen LogP contribution in [0.1, 0.15) is 186 Å². The van der Waals surface area contributed by atoms with E-state index in [1.807, 2.05) is 0 Å². The molecule has 0 aromatic carbocycles. The summed E-state index contributed by atoms with van der Waals surface area (Å²) in [6, 6.07) is -3.63. The Hall–Kier alpha value is -9.25. The fourth-order valence-corrected chi connectivity index (χ4v) is 12.3. The summed E-state index contributed by atoms with van der Waals surface area (Å²) in [5, 5.41) is 22.8. The quantitative estimate of drug-likeness (QED) is 0.0269. The van der Waals surface area contributed by atoms with Gasteiger partial charge in [0.1, 0.15) is 56.3 Å². The van der Waals surface area contributed by atoms with Crippen LogP contribution in [0.25, 0.3) is 0 Å². The second kappa shape index (κ2) is 52.1. The first kappa shape index (κ1) is 96.9. The molecule has 0 spiro atoms. The number of nitrogens with one attached hydrogen (secondary N) is 5. The highest BCUT2D eigenvalue weighted by Crippen LogP contribution is 2.32. The molecule has 40 heteroatoms. The molecule has 7 amide bonds. The standard InChI is InChI=1S/C72H113N7O33/c1-41(80)75-61-67(107-50(10)89)64(104-47(7)86)53(38-101-44(4)83)110-70(61)98-35-18-15-24-56(92)73-29-21-31-78(58(94)26-13-14-28-60(96)97)33-23-34-79(59(95)27-17-20-37-100-72-63(77-43(3)82)69(109-52(12)91)66(106-49(9)88)55(112-72)40-103-46(6)85)32-22-30-74-57(93)25-16-19-36-99-71-62(76-42(2)81)68(108-51(11)90)65(105-48(8)87)54(111-71)39-102-45(5)84/h53-55,61-72H,13-40H2,1-12H3,(H,73,92)(H,74,93)(H,75,80)(H,76,81)(H,77,82)(H,96,97)/t53?,54?,55?,61?,62?,63?,64-,65-,66-,67?,68?,69?,70+,71+,72+/m0/s1. The van der Waals surface area contributed by atoms with Crippen molar-refractivity contribution in [1.29, 1.82) is 0 Å². The van der Waals surface area contributed by atoms with Gasteiger partial charge in [-0.05, 0) is 70.6 Å². The number of amides is 7. The lowest BCUT2D eigenvalue weighted by atomic mass is 9.96. The molecule has 0 radical (unpaired) electrons. The summed E-state index contributed by atoms with van der Waals surface area (Å²) in [7, 11) is 0. The first-order valence-corrected chi connectivity index (χ1v) is 37.3. The van der Waals surface area contributed by atoms with E-state index in [1.54, 1.807) is 9.80 Å². The van der Waals surface area contributed by atoms with Crippen LogP contribution in [0.3, 0.4) is 0 Å². The number of carbonyl (C=O) groups is 17. The summed E-state index contributed by atoms with van der Waals surface area (Å²) < 4.78 is 84.7. The molecule has 0 aromatic rings. The average Bonchev–Trinajstić information content (AvgIpc) is 0.799. The summed E-state index contributed by atoms with van der Waals surface area (Å²) in [4.78, 5) is 215. The number of carbonyl (C=O) groups excluding carboxylic acids is 16. The predicted octanol–water partition coefficient (Wildman–Crippen LogP) is 0.220. The van der Waals surface area contributed by atoms with Gasteiger partial charge in [-0.3, -0.25) is 81.5 Å². The summed E-state index contributed by atoms with van der Waals surface area (Å²) in [6.45, 7) is 12.9. The van der Waals surface area contributed by atoms with Crippen LogP contribution in [0.5, 0.6) is 0 Å². The van der Waals surface area contributed by atoms with E-state index >= 15 is 0 Å². The molecule has 112 heavy (non-hydrogen) atoms. The highest BCUT2D eigenvalue weighted by atomic mass is 16.7. The van der Waals surface area contributed by atoms with E-state index in [-0.39, 0.29) is 179 Å². The van der Waals surface area contributed by atoms with E-state index in [9.17, 15) is 86.6 Å². The van der Waals surface area contributed by atoms with Crippen molar-refractivity contribution in [3.8, 4) is 0 Å². The minimum Gasteiger partial charge on any atom is -0.481 e. The number of carboxylic acid groups (broad SMARTS) is 1. The molecule has 634 valence electrons. The molecule has 3 heterocycles. The predicted molar refractivity (Wildman–Crippen MR) is 381 cm³/mol. The molecular formula is C72H113N7O33. The van der Waals surface area contributed by atoms with Crippen molar-refractivity contribution in [2.24, 2.45) is 0 Å². The number of esters is 9. The van der Waals surface area contributed by atoms with Crippen LogP contribution in [-0.2, 0) is 153 Å². The third-order valence-corrected chi connectivity index (χ3v) is 16.9. The molecule has 6 N–H and O–H groups in total. The second-order valence-electron chi connectivity index (χ2n) is 26.8. The Morgan fingerprint density at radius 1 is 0.312 bits per heavy atom. The lowest BCUT2D eigenvalue weighted by Gasteiger charge is -2.44. The second-order valence-corrected chi connectivity index (χ2v) is 26.8. The highest BCUT2D eigenvalue weighted by molar-refractivity contribution is 5.79. The van der Waals surface area contributed by atoms with Crippen molar-refractivity contribution < 1.29 is 158 Å². The fourth-order valence-electron chi connectivity index (χ4n) is 12.3. The number of aliphatic carboxylic acids is 1. The zero-order valence-corrected chi connectivity index (χ0v) is 65.9. The van der Waals surface area contributed by atoms with Crippen molar-refractivity contribution in [3.05, 3.63) is 0 Å². The van der Waals surface area contributed by atoms with Gasteiger partial charge in [0.15, 0.2) is 55.5 Å². The zero-order chi connectivity index (χ0) is 83.6. The lowest BCUT2D eigenvalue weighted by molar-refractivity contribution is -0.277. The summed E-state index contributed by atoms with van der Waals surface area (Å²) in [5.74, 6) is -10.9. The molecule has 0 aromatic heterocycles. The number of nitrogens with zero attached hydrogens (tertiary/aromatic N) is 2. The van der Waals surface area contributed by atoms with Crippen molar-refractivity contribution >= 4 is 101 Å². The topological polar surface area (TPSA) is 516 Å². The normalized spacial score (nSPS) is 23.1. The highest BCUT2D eigenvalue weighted by Gasteiger charge is 2.54. The monoisotopic (exact) mass is 1600 g/mol. The third kappa shape index (κ3) is 38.8. The Kier molecular flexibility index (Phi) is 45.1. The van der Waals surface area contributed by atoms with Gasteiger partial charge >= 0.3 is 59.7 Å². The van der Waals surface area contributed by atoms with Gasteiger partial charge in [0.05, 0.1) is 0 Å². The molecule has 40 nitrogen and oxygen atoms in total. The van der Waals surface area contributed by atoms with Crippen LogP contribution >= 0.6 is 0 Å². The van der Waals surface area contributed by atoms with Crippen molar-refractivity contribution in [2.75, 3.05) is 78.9 Å². The van der Waals surface area contributed by atoms with Gasteiger partial charge in [-0.25, -0.2) is 0 Å². The van der Waals surface area contributed by atoms with Gasteiger partial charge in [0, 0.05) is 174 Å². The number of hydrogen-bond donors (Lipinski definition) is 6. The van der Waals surface area contributed by atoms with Crippen molar-refractivity contribution in [1.82, 2.24) is 36.4 Å². The molecule has 0 aliphatic carbocycles. The fraction of sp³-hybridized carbons (Fsp3) is 0.764. The van der Waals surface area contributed by atoms with E-state index in [4.69, 9.17) is 71.1 Å². The van der Waals surface area contributed by atoms with Crippen LogP contribution < -0.4 is 26.6 Å². The maximum absolute atomic E-state index is 14.3. The number of rotatable bonds is 50. The molecule has 9 unspecified atom stereocenters. The van der Waals surface area contributed by atoms with Gasteiger partial charge in [-0.1, -0.05) is 0 Å². The summed E-state index contributed by atoms with van der Waals surface area (Å²) in [6.07, 6.45) is -12.9. The lowest BCUT2D eigenvalue weighted by Crippen LogP contribution is -2.66. The van der Waals surface area contributed by atoms with Gasteiger partial charge in [0.2, 0.25) is 41.4 Å². The van der Waals surface area contributed by atoms with Crippen LogP contribution in [-0.4, -0.2) is 287 Å². The molecule has 0 bridgehead atoms. The Morgan fingerprint density at radius 2 is 0.571 bits per heavy atom. The van der Waals surface area contributed by atoms with Gasteiger partial charge < -0.3 is 113 Å². The van der Waals surface area contributed by atoms with E-state index in [1.165, 1.54) is 20.8 Å². The molecule has 3 saturated heterocycles. The number of carboxylic acids is 1. The maximum Gasteiger partial charge on any atom is 0.303 e. The van der Waals surface area contributed by atoms with E-state index in [0.29, 0.717) is 6.42 Å². The minimum atomic E-state index is -1.37. The number of unbranched alkanes of at least 4 members (excludes halogenated alkanes) is 4. The molecule has 3 aliphatic heterocycles. The Bertz CT molecular complexity index is 3140. The van der Waals surface area contributed by atoms with Gasteiger partial charge in [-0.2, -0.15) is 0 Å². The Morgan fingerprint density at radius 3 is 0.839 bits per heavy atom. The SMILES string of the molecule is CC(=O)NC1C(OC(C)=O)[C@@H](OC(C)=O)C(COC(C)=O)O[C@H]1OCCCCC(=O)NCCCN(CCCN(CCCNC(=O)CCCCO[C@@H]1OC(COC(C)=O)[C@H](OC(C)=O)C(OC(C)=O)C1NC(C)=O)C(=O)CCCCC(=O)O)C(=O)CCCCO[C@@H]1OC(COC(C)=O)[C@H](OC(C)=O)C(OC(C)=O)C1NC(C)=O. The van der Waals surface area contributed by atoms with Crippen LogP contribution in [0.2, 0.25) is 0 Å². The Labute approximate surface area is 649 Å². The van der Waals surface area contributed by atoms with E-state index in [2.05, 4.69) is 26.6 Å². The average molecular weight is 1600 g/mol. The molecular weight excluding hydrogens is 1490 g/mol. The zero-order valence-electron chi connectivity index (χ0n) is 65.9. The van der Waals surface area contributed by atoms with Gasteiger partial charge in [-0.15, -0.1) is 0 Å². The molecule has 15 atom stereocenters. The Balaban J connectivity index is 1.75.